The second-order valence-corrected chi connectivity index (χ2v) is 3.54. The molecule has 0 aliphatic carbocycles. The van der Waals surface area contributed by atoms with Gasteiger partial charge in [-0.15, -0.1) is 0 Å². The van der Waals surface area contributed by atoms with E-state index in [-0.39, 0.29) is 0 Å². The Balaban J connectivity index is 2.44. The van der Waals surface area contributed by atoms with Gasteiger partial charge in [-0.1, -0.05) is 0 Å². The molecular weight excluding hydrogens is 243 g/mol. The number of carboxylic acid groups (broad SMARTS) is 1. The number of carboxylic acids is 1. The summed E-state index contributed by atoms with van der Waals surface area (Å²) in [6.07, 6.45) is 0.892. The van der Waals surface area contributed by atoms with Gasteiger partial charge < -0.3 is 19.3 Å². The highest BCUT2D eigenvalue weighted by Crippen LogP contribution is 2.40. The van der Waals surface area contributed by atoms with E-state index in [0.717, 1.165) is 6.08 Å². The third-order valence-electron chi connectivity index (χ3n) is 2.35. The molecule has 6 heteroatoms. The van der Waals surface area contributed by atoms with Crippen LogP contribution in [0.5, 0.6) is 17.2 Å². The van der Waals surface area contributed by atoms with Crippen LogP contribution in [0.15, 0.2) is 18.0 Å². The van der Waals surface area contributed by atoms with Crippen molar-refractivity contribution >= 4 is 12.0 Å². The van der Waals surface area contributed by atoms with Gasteiger partial charge in [0.1, 0.15) is 13.2 Å². The Morgan fingerprint density at radius 1 is 1.44 bits per heavy atom. The molecule has 1 aliphatic rings. The van der Waals surface area contributed by atoms with E-state index in [1.165, 1.54) is 19.2 Å². The lowest BCUT2D eigenvalue weighted by atomic mass is 10.1. The molecular formula is C12H11FO5. The van der Waals surface area contributed by atoms with Gasteiger partial charge in [0.25, 0.3) is 0 Å². The topological polar surface area (TPSA) is 65.0 Å². The van der Waals surface area contributed by atoms with Gasteiger partial charge in [-0.3, -0.25) is 0 Å². The normalized spacial score (nSPS) is 14.2. The number of aliphatic carboxylic acids is 1. The third kappa shape index (κ3) is 2.37. The van der Waals surface area contributed by atoms with Crippen LogP contribution in [0.4, 0.5) is 4.39 Å². The zero-order chi connectivity index (χ0) is 13.1. The van der Waals surface area contributed by atoms with Gasteiger partial charge >= 0.3 is 5.97 Å². The summed E-state index contributed by atoms with van der Waals surface area (Å²) in [6, 6.07) is 2.98. The number of hydrogen-bond acceptors (Lipinski definition) is 4. The molecule has 0 atom stereocenters. The molecule has 0 saturated heterocycles. The van der Waals surface area contributed by atoms with Crippen LogP contribution in [0, 0.1) is 0 Å². The standard InChI is InChI=1S/C12H11FO5/c1-16-9-5-7(4-8(13)12(14)15)6-10-11(9)18-3-2-17-10/h4-6H,2-3H2,1H3,(H,14,15). The Kier molecular flexibility index (Phi) is 3.36. The van der Waals surface area contributed by atoms with E-state index in [4.69, 9.17) is 19.3 Å². The van der Waals surface area contributed by atoms with Crippen molar-refractivity contribution in [2.75, 3.05) is 20.3 Å². The van der Waals surface area contributed by atoms with E-state index in [9.17, 15) is 9.18 Å². The molecule has 1 N–H and O–H groups in total. The minimum absolute atomic E-state index is 0.330. The molecule has 18 heavy (non-hydrogen) atoms. The predicted octanol–water partition coefficient (Wildman–Crippen LogP) is 1.86. The maximum atomic E-state index is 13.0. The first-order valence-electron chi connectivity index (χ1n) is 5.20. The average Bonchev–Trinajstić information content (AvgIpc) is 2.37. The van der Waals surface area contributed by atoms with Crippen LogP contribution in [0.1, 0.15) is 5.56 Å². The van der Waals surface area contributed by atoms with Gasteiger partial charge in [0.2, 0.25) is 11.6 Å². The van der Waals surface area contributed by atoms with Crippen LogP contribution >= 0.6 is 0 Å². The fourth-order valence-electron chi connectivity index (χ4n) is 1.58. The molecule has 0 fully saturated rings. The molecule has 0 radical (unpaired) electrons. The van der Waals surface area contributed by atoms with Gasteiger partial charge in [0.15, 0.2) is 11.5 Å². The molecule has 0 bridgehead atoms. The molecule has 96 valence electrons. The van der Waals surface area contributed by atoms with E-state index in [1.54, 1.807) is 0 Å². The van der Waals surface area contributed by atoms with Crippen molar-refractivity contribution in [3.8, 4) is 17.2 Å². The molecule has 5 nitrogen and oxygen atoms in total. The monoisotopic (exact) mass is 254 g/mol. The highest BCUT2D eigenvalue weighted by atomic mass is 19.1. The second-order valence-electron chi connectivity index (χ2n) is 3.54. The van der Waals surface area contributed by atoms with Crippen molar-refractivity contribution in [2.45, 2.75) is 0 Å². The lowest BCUT2D eigenvalue weighted by molar-refractivity contribution is -0.134. The molecule has 0 unspecified atom stereocenters. The van der Waals surface area contributed by atoms with Crippen LogP contribution in [-0.2, 0) is 4.79 Å². The number of halogens is 1. The van der Waals surface area contributed by atoms with E-state index >= 15 is 0 Å². The first kappa shape index (κ1) is 12.2. The Labute approximate surface area is 102 Å². The zero-order valence-electron chi connectivity index (χ0n) is 9.60. The Morgan fingerprint density at radius 3 is 2.83 bits per heavy atom. The summed E-state index contributed by atoms with van der Waals surface area (Å²) >= 11 is 0. The number of carbonyl (C=O) groups is 1. The number of rotatable bonds is 3. The second kappa shape index (κ2) is 4.95. The van der Waals surface area contributed by atoms with Crippen molar-refractivity contribution in [1.29, 1.82) is 0 Å². The summed E-state index contributed by atoms with van der Waals surface area (Å²) < 4.78 is 28.8. The van der Waals surface area contributed by atoms with E-state index in [2.05, 4.69) is 0 Å². The zero-order valence-corrected chi connectivity index (χ0v) is 9.60. The summed E-state index contributed by atoms with van der Waals surface area (Å²) in [4.78, 5) is 10.4. The van der Waals surface area contributed by atoms with Crippen molar-refractivity contribution in [2.24, 2.45) is 0 Å². The molecule has 1 aliphatic heterocycles. The highest BCUT2D eigenvalue weighted by molar-refractivity contribution is 5.89. The van der Waals surface area contributed by atoms with Crippen LogP contribution in [0.3, 0.4) is 0 Å². The Bertz CT molecular complexity index is 492. The number of ether oxygens (including phenoxy) is 3. The third-order valence-corrected chi connectivity index (χ3v) is 2.35. The van der Waals surface area contributed by atoms with Gasteiger partial charge in [0.05, 0.1) is 7.11 Å². The molecule has 1 aromatic carbocycles. The van der Waals surface area contributed by atoms with Crippen LogP contribution < -0.4 is 14.2 Å². The number of fused-ring (bicyclic) bond motifs is 1. The maximum absolute atomic E-state index is 13.0. The molecule has 2 rings (SSSR count). The minimum Gasteiger partial charge on any atom is -0.493 e. The first-order chi connectivity index (χ1) is 8.61. The average molecular weight is 254 g/mol. The molecule has 0 spiro atoms. The molecule has 0 aromatic heterocycles. The molecule has 0 saturated carbocycles. The van der Waals surface area contributed by atoms with Crippen molar-refractivity contribution < 1.29 is 28.5 Å². The number of benzene rings is 1. The van der Waals surface area contributed by atoms with Crippen LogP contribution in [0.2, 0.25) is 0 Å². The SMILES string of the molecule is COc1cc(C=C(F)C(=O)O)cc2c1OCCO2. The summed E-state index contributed by atoms with van der Waals surface area (Å²) in [5, 5.41) is 8.48. The van der Waals surface area contributed by atoms with E-state index < -0.39 is 11.8 Å². The lowest BCUT2D eigenvalue weighted by Crippen LogP contribution is -2.16. The predicted molar refractivity (Wildman–Crippen MR) is 60.7 cm³/mol. The largest absolute Gasteiger partial charge is 0.493 e. The Hall–Kier alpha value is -2.24. The number of hydrogen-bond donors (Lipinski definition) is 1. The molecule has 1 heterocycles. The fraction of sp³-hybridized carbons (Fsp3) is 0.250. The van der Waals surface area contributed by atoms with Gasteiger partial charge in [-0.05, 0) is 23.8 Å². The number of methoxy groups -OCH3 is 1. The molecule has 1 aromatic rings. The smallest absolute Gasteiger partial charge is 0.364 e. The van der Waals surface area contributed by atoms with Gasteiger partial charge in [-0.2, -0.15) is 4.39 Å². The van der Waals surface area contributed by atoms with Crippen molar-refractivity contribution in [1.82, 2.24) is 0 Å². The quantitative estimate of drug-likeness (QED) is 0.834. The maximum Gasteiger partial charge on any atom is 0.364 e. The summed E-state index contributed by atoms with van der Waals surface area (Å²) in [7, 11) is 1.44. The summed E-state index contributed by atoms with van der Waals surface area (Å²) in [6.45, 7) is 0.784. The van der Waals surface area contributed by atoms with E-state index in [1.807, 2.05) is 0 Å². The molecule has 0 amide bonds. The fourth-order valence-corrected chi connectivity index (χ4v) is 1.58. The summed E-state index contributed by atoms with van der Waals surface area (Å²) in [5.41, 5.74) is 0.330. The van der Waals surface area contributed by atoms with Gasteiger partial charge in [-0.25, -0.2) is 4.79 Å². The van der Waals surface area contributed by atoms with Crippen LogP contribution in [-0.4, -0.2) is 31.4 Å². The summed E-state index contributed by atoms with van der Waals surface area (Å²) in [5.74, 6) is -1.66. The van der Waals surface area contributed by atoms with E-state index in [0.29, 0.717) is 36.0 Å². The van der Waals surface area contributed by atoms with Gasteiger partial charge in [0, 0.05) is 0 Å². The van der Waals surface area contributed by atoms with Crippen molar-refractivity contribution in [3.63, 3.8) is 0 Å². The first-order valence-corrected chi connectivity index (χ1v) is 5.20. The highest BCUT2D eigenvalue weighted by Gasteiger charge is 2.18. The Morgan fingerprint density at radius 2 is 2.17 bits per heavy atom. The minimum atomic E-state index is -1.62. The van der Waals surface area contributed by atoms with Crippen LogP contribution in [0.25, 0.3) is 6.08 Å². The van der Waals surface area contributed by atoms with Crippen molar-refractivity contribution in [3.05, 3.63) is 23.5 Å². The lowest BCUT2D eigenvalue weighted by Gasteiger charge is -2.20.